The predicted molar refractivity (Wildman–Crippen MR) is 60.1 cm³/mol. The van der Waals surface area contributed by atoms with E-state index in [2.05, 4.69) is 10.6 Å². The lowest BCUT2D eigenvalue weighted by Crippen LogP contribution is -2.29. The van der Waals surface area contributed by atoms with Crippen molar-refractivity contribution in [2.24, 2.45) is 5.73 Å². The van der Waals surface area contributed by atoms with Gasteiger partial charge in [-0.3, -0.25) is 5.41 Å². The second kappa shape index (κ2) is 5.11. The van der Waals surface area contributed by atoms with Crippen LogP contribution in [0.25, 0.3) is 0 Å². The summed E-state index contributed by atoms with van der Waals surface area (Å²) in [6.45, 7) is 2.25. The van der Waals surface area contributed by atoms with E-state index in [1.807, 2.05) is 0 Å². The van der Waals surface area contributed by atoms with Crippen molar-refractivity contribution in [2.45, 2.75) is 6.92 Å². The van der Waals surface area contributed by atoms with Crippen LogP contribution in [0.2, 0.25) is 0 Å². The molecule has 0 bridgehead atoms. The first-order valence-electron chi connectivity index (χ1n) is 4.73. The lowest BCUT2D eigenvalue weighted by molar-refractivity contribution is 0.252. The Morgan fingerprint density at radius 1 is 1.56 bits per heavy atom. The number of anilines is 1. The van der Waals surface area contributed by atoms with Crippen LogP contribution in [0.5, 0.6) is 0 Å². The fourth-order valence-electron chi connectivity index (χ4n) is 1.18. The summed E-state index contributed by atoms with van der Waals surface area (Å²) in [7, 11) is 0. The number of carbonyl (C=O) groups excluding carboxylic acids is 1. The first-order valence-corrected chi connectivity index (χ1v) is 4.73. The molecule has 0 atom stereocenters. The molecule has 2 amide bonds. The molecule has 0 saturated carbocycles. The number of nitrogens with two attached hydrogens (primary N) is 1. The van der Waals surface area contributed by atoms with E-state index in [4.69, 9.17) is 11.1 Å². The molecule has 5 nitrogen and oxygen atoms in total. The van der Waals surface area contributed by atoms with Gasteiger partial charge in [0, 0.05) is 12.1 Å². The molecular weight excluding hydrogens is 211 g/mol. The van der Waals surface area contributed by atoms with Gasteiger partial charge in [0.25, 0.3) is 0 Å². The van der Waals surface area contributed by atoms with Gasteiger partial charge < -0.3 is 16.4 Å². The lowest BCUT2D eigenvalue weighted by Gasteiger charge is -2.10. The van der Waals surface area contributed by atoms with Crippen LogP contribution in [-0.2, 0) is 0 Å². The maximum Gasteiger partial charge on any atom is 0.319 e. The van der Waals surface area contributed by atoms with E-state index < -0.39 is 11.8 Å². The summed E-state index contributed by atoms with van der Waals surface area (Å²) < 4.78 is 12.9. The Hall–Kier alpha value is -2.11. The third kappa shape index (κ3) is 2.94. The van der Waals surface area contributed by atoms with Gasteiger partial charge in [0.1, 0.15) is 11.7 Å². The standard InChI is InChI=1S/C10H13FN4O/c1-2-14-10(16)15-8-4-3-6(11)5-7(8)9(12)13/h3-5H,2H2,1H3,(H3,12,13)(H2,14,15,16). The quantitative estimate of drug-likeness (QED) is 0.459. The number of urea groups is 1. The Morgan fingerprint density at radius 3 is 2.81 bits per heavy atom. The molecule has 0 spiro atoms. The number of benzene rings is 1. The minimum Gasteiger partial charge on any atom is -0.384 e. The van der Waals surface area contributed by atoms with E-state index in [9.17, 15) is 9.18 Å². The number of hydrogen-bond acceptors (Lipinski definition) is 2. The van der Waals surface area contributed by atoms with Crippen LogP contribution < -0.4 is 16.4 Å². The van der Waals surface area contributed by atoms with Crippen molar-refractivity contribution in [3.8, 4) is 0 Å². The monoisotopic (exact) mass is 224 g/mol. The van der Waals surface area contributed by atoms with Crippen molar-refractivity contribution in [2.75, 3.05) is 11.9 Å². The van der Waals surface area contributed by atoms with Gasteiger partial charge in [0.15, 0.2) is 0 Å². The first kappa shape index (κ1) is 12.0. The zero-order valence-electron chi connectivity index (χ0n) is 8.80. The van der Waals surface area contributed by atoms with Gasteiger partial charge in [-0.05, 0) is 25.1 Å². The molecule has 1 aromatic carbocycles. The lowest BCUT2D eigenvalue weighted by atomic mass is 10.1. The van der Waals surface area contributed by atoms with E-state index in [1.165, 1.54) is 12.1 Å². The van der Waals surface area contributed by atoms with E-state index in [1.54, 1.807) is 6.92 Å². The van der Waals surface area contributed by atoms with Gasteiger partial charge in [-0.1, -0.05) is 0 Å². The predicted octanol–water partition coefficient (Wildman–Crippen LogP) is 1.25. The highest BCUT2D eigenvalue weighted by atomic mass is 19.1. The number of halogens is 1. The van der Waals surface area contributed by atoms with Gasteiger partial charge in [0.2, 0.25) is 0 Å². The van der Waals surface area contributed by atoms with Crippen molar-refractivity contribution in [1.29, 1.82) is 5.41 Å². The molecule has 0 aliphatic rings. The maximum absolute atomic E-state index is 12.9. The molecule has 0 unspecified atom stereocenters. The van der Waals surface area contributed by atoms with Gasteiger partial charge in [-0.2, -0.15) is 0 Å². The Bertz CT molecular complexity index is 419. The molecular formula is C10H13FN4O. The van der Waals surface area contributed by atoms with Crippen molar-refractivity contribution in [3.63, 3.8) is 0 Å². The number of nitrogen functional groups attached to an aromatic ring is 1. The van der Waals surface area contributed by atoms with Crippen LogP contribution >= 0.6 is 0 Å². The highest BCUT2D eigenvalue weighted by molar-refractivity contribution is 6.03. The fraction of sp³-hybridized carbons (Fsp3) is 0.200. The third-order valence-corrected chi connectivity index (χ3v) is 1.86. The van der Waals surface area contributed by atoms with Gasteiger partial charge in [0.05, 0.1) is 5.69 Å². The summed E-state index contributed by atoms with van der Waals surface area (Å²) in [5, 5.41) is 12.3. The summed E-state index contributed by atoms with van der Waals surface area (Å²) in [6.07, 6.45) is 0. The van der Waals surface area contributed by atoms with Crippen LogP contribution in [0.15, 0.2) is 18.2 Å². The summed E-state index contributed by atoms with van der Waals surface area (Å²) >= 11 is 0. The first-order chi connectivity index (χ1) is 7.54. The number of carbonyl (C=O) groups is 1. The molecule has 0 saturated heterocycles. The Kier molecular flexibility index (Phi) is 3.82. The smallest absolute Gasteiger partial charge is 0.319 e. The summed E-state index contributed by atoms with van der Waals surface area (Å²) in [4.78, 5) is 11.2. The van der Waals surface area contributed by atoms with Crippen molar-refractivity contribution < 1.29 is 9.18 Å². The molecule has 5 N–H and O–H groups in total. The molecule has 0 heterocycles. The van der Waals surface area contributed by atoms with E-state index in [0.717, 1.165) is 6.07 Å². The van der Waals surface area contributed by atoms with Crippen LogP contribution in [0.4, 0.5) is 14.9 Å². The maximum atomic E-state index is 12.9. The molecule has 16 heavy (non-hydrogen) atoms. The minimum absolute atomic E-state index is 0.159. The number of hydrogen-bond donors (Lipinski definition) is 4. The SMILES string of the molecule is CCNC(=O)Nc1ccc(F)cc1C(=N)N. The van der Waals surface area contributed by atoms with Crippen molar-refractivity contribution in [1.82, 2.24) is 5.32 Å². The van der Waals surface area contributed by atoms with E-state index >= 15 is 0 Å². The minimum atomic E-state index is -0.508. The second-order valence-electron chi connectivity index (χ2n) is 3.09. The molecule has 1 aromatic rings. The summed E-state index contributed by atoms with van der Waals surface area (Å²) in [5.41, 5.74) is 5.74. The Labute approximate surface area is 92.3 Å². The van der Waals surface area contributed by atoms with Gasteiger partial charge in [-0.25, -0.2) is 9.18 Å². The molecule has 1 rings (SSSR count). The Morgan fingerprint density at radius 2 is 2.25 bits per heavy atom. The molecule has 0 radical (unpaired) electrons. The number of amides is 2. The molecule has 6 heteroatoms. The Balaban J connectivity index is 2.95. The molecule has 0 aliphatic carbocycles. The van der Waals surface area contributed by atoms with Crippen LogP contribution in [0, 0.1) is 11.2 Å². The molecule has 0 fully saturated rings. The molecule has 0 aliphatic heterocycles. The normalized spacial score (nSPS) is 9.62. The van der Waals surface area contributed by atoms with Gasteiger partial charge in [-0.15, -0.1) is 0 Å². The highest BCUT2D eigenvalue weighted by Crippen LogP contribution is 2.16. The van der Waals surface area contributed by atoms with Crippen LogP contribution in [-0.4, -0.2) is 18.4 Å². The zero-order valence-corrected chi connectivity index (χ0v) is 8.80. The topological polar surface area (TPSA) is 91.0 Å². The average Bonchev–Trinajstić information content (AvgIpc) is 2.20. The zero-order chi connectivity index (χ0) is 12.1. The number of nitrogens with one attached hydrogen (secondary N) is 3. The number of rotatable bonds is 3. The van der Waals surface area contributed by atoms with Crippen molar-refractivity contribution in [3.05, 3.63) is 29.6 Å². The van der Waals surface area contributed by atoms with Crippen molar-refractivity contribution >= 4 is 17.6 Å². The largest absolute Gasteiger partial charge is 0.384 e. The average molecular weight is 224 g/mol. The number of amidine groups is 1. The summed E-state index contributed by atoms with van der Waals surface area (Å²) in [5.74, 6) is -0.807. The van der Waals surface area contributed by atoms with E-state index in [-0.39, 0.29) is 11.4 Å². The van der Waals surface area contributed by atoms with Gasteiger partial charge >= 0.3 is 6.03 Å². The third-order valence-electron chi connectivity index (χ3n) is 1.86. The highest BCUT2D eigenvalue weighted by Gasteiger charge is 2.09. The summed E-state index contributed by atoms with van der Waals surface area (Å²) in [6, 6.07) is 3.23. The second-order valence-corrected chi connectivity index (χ2v) is 3.09. The molecule has 86 valence electrons. The molecule has 0 aromatic heterocycles. The van der Waals surface area contributed by atoms with Crippen LogP contribution in [0.3, 0.4) is 0 Å². The van der Waals surface area contributed by atoms with Crippen LogP contribution in [0.1, 0.15) is 12.5 Å². The fourth-order valence-corrected chi connectivity index (χ4v) is 1.18. The van der Waals surface area contributed by atoms with E-state index in [0.29, 0.717) is 12.2 Å².